The van der Waals surface area contributed by atoms with Crippen molar-refractivity contribution in [3.8, 4) is 5.75 Å². The van der Waals surface area contributed by atoms with Crippen LogP contribution in [0.3, 0.4) is 0 Å². The van der Waals surface area contributed by atoms with Crippen LogP contribution < -0.4 is 15.4 Å². The van der Waals surface area contributed by atoms with Gasteiger partial charge in [0.05, 0.1) is 10.6 Å². The second-order valence-corrected chi connectivity index (χ2v) is 8.12. The molecule has 26 heavy (non-hydrogen) atoms. The third-order valence-corrected chi connectivity index (χ3v) is 5.44. The van der Waals surface area contributed by atoms with Gasteiger partial charge in [0.25, 0.3) is 11.8 Å². The molecule has 0 radical (unpaired) electrons. The van der Waals surface area contributed by atoms with Gasteiger partial charge in [0.2, 0.25) is 0 Å². The summed E-state index contributed by atoms with van der Waals surface area (Å²) in [6.45, 7) is -0.0854. The van der Waals surface area contributed by atoms with Crippen molar-refractivity contribution in [1.29, 1.82) is 0 Å². The van der Waals surface area contributed by atoms with Crippen LogP contribution in [0.4, 0.5) is 5.69 Å². The summed E-state index contributed by atoms with van der Waals surface area (Å²) in [6.07, 6.45) is 1.76. The molecule has 0 saturated carbocycles. The summed E-state index contributed by atoms with van der Waals surface area (Å²) in [5.74, 6) is 0.157. The third-order valence-electron chi connectivity index (χ3n) is 3.34. The molecular weight excluding hydrogens is 483 g/mol. The molecule has 1 heterocycles. The number of benzene rings is 2. The van der Waals surface area contributed by atoms with Crippen LogP contribution in [0, 0.1) is 3.57 Å². The smallest absolute Gasteiger partial charge is 0.263 e. The summed E-state index contributed by atoms with van der Waals surface area (Å²) in [5, 5.41) is 5.38. The number of carbonyl (C=O) groups excluding carboxylic acids is 2. The van der Waals surface area contributed by atoms with Gasteiger partial charge in [-0.25, -0.2) is 0 Å². The Morgan fingerprint density at radius 3 is 2.62 bits per heavy atom. The van der Waals surface area contributed by atoms with Crippen LogP contribution in [0.1, 0.15) is 5.56 Å². The second-order valence-electron chi connectivity index (χ2n) is 5.24. The standard InChI is InChI=1S/C18H13IN2O3S2/c19-13-3-1-2-4-14(13)20-16(22)10-24-12-7-5-11(6-8-12)9-15-17(23)21-18(25)26-15/h1-9H,10H2,(H,20,22)(H,21,23,25)/b15-9-. The van der Waals surface area contributed by atoms with Gasteiger partial charge in [-0.15, -0.1) is 0 Å². The van der Waals surface area contributed by atoms with Gasteiger partial charge >= 0.3 is 0 Å². The Bertz CT molecular complexity index is 898. The van der Waals surface area contributed by atoms with Gasteiger partial charge < -0.3 is 15.4 Å². The first kappa shape index (κ1) is 18.9. The van der Waals surface area contributed by atoms with E-state index in [0.717, 1.165) is 14.8 Å². The van der Waals surface area contributed by atoms with E-state index in [1.807, 2.05) is 36.4 Å². The number of hydrogen-bond donors (Lipinski definition) is 2. The molecule has 0 bridgehead atoms. The highest BCUT2D eigenvalue weighted by atomic mass is 127. The maximum atomic E-state index is 12.0. The average Bonchev–Trinajstić information content (AvgIpc) is 2.93. The molecule has 2 amide bonds. The van der Waals surface area contributed by atoms with Crippen LogP contribution in [0.25, 0.3) is 6.08 Å². The highest BCUT2D eigenvalue weighted by Crippen LogP contribution is 2.26. The van der Waals surface area contributed by atoms with Crippen molar-refractivity contribution in [2.24, 2.45) is 0 Å². The molecular formula is C18H13IN2O3S2. The molecule has 0 spiro atoms. The summed E-state index contributed by atoms with van der Waals surface area (Å²) in [5.41, 5.74) is 1.61. The highest BCUT2D eigenvalue weighted by Gasteiger charge is 2.21. The lowest BCUT2D eigenvalue weighted by Crippen LogP contribution is -2.20. The summed E-state index contributed by atoms with van der Waals surface area (Å²) >= 11 is 8.35. The maximum Gasteiger partial charge on any atom is 0.263 e. The fourth-order valence-corrected chi connectivity index (χ4v) is 3.70. The lowest BCUT2D eigenvalue weighted by molar-refractivity contribution is -0.118. The molecule has 1 aliphatic heterocycles. The monoisotopic (exact) mass is 496 g/mol. The number of nitrogens with one attached hydrogen (secondary N) is 2. The van der Waals surface area contributed by atoms with Gasteiger partial charge in [0, 0.05) is 3.57 Å². The van der Waals surface area contributed by atoms with E-state index in [1.54, 1.807) is 18.2 Å². The lowest BCUT2D eigenvalue weighted by Gasteiger charge is -2.09. The first-order valence-corrected chi connectivity index (χ1v) is 9.84. The number of thioether (sulfide) groups is 1. The molecule has 3 rings (SSSR count). The number of ether oxygens (including phenoxy) is 1. The zero-order valence-corrected chi connectivity index (χ0v) is 17.1. The van der Waals surface area contributed by atoms with Crippen molar-refractivity contribution in [3.63, 3.8) is 0 Å². The summed E-state index contributed by atoms with van der Waals surface area (Å²) < 4.78 is 6.92. The van der Waals surface area contributed by atoms with Crippen LogP contribution in [-0.4, -0.2) is 22.7 Å². The van der Waals surface area contributed by atoms with Crippen molar-refractivity contribution in [3.05, 3.63) is 62.6 Å². The van der Waals surface area contributed by atoms with Gasteiger partial charge in [-0.3, -0.25) is 9.59 Å². The Balaban J connectivity index is 1.55. The van der Waals surface area contributed by atoms with Crippen molar-refractivity contribution in [2.75, 3.05) is 11.9 Å². The molecule has 1 aliphatic rings. The van der Waals surface area contributed by atoms with Gasteiger partial charge in [-0.2, -0.15) is 0 Å². The van der Waals surface area contributed by atoms with E-state index in [0.29, 0.717) is 15.0 Å². The minimum absolute atomic E-state index is 0.0854. The lowest BCUT2D eigenvalue weighted by atomic mass is 10.2. The number of amides is 2. The van der Waals surface area contributed by atoms with E-state index in [2.05, 4.69) is 33.2 Å². The summed E-state index contributed by atoms with van der Waals surface area (Å²) in [7, 11) is 0. The first-order chi connectivity index (χ1) is 12.5. The molecule has 2 aromatic rings. The van der Waals surface area contributed by atoms with Crippen LogP contribution >= 0.6 is 46.6 Å². The van der Waals surface area contributed by atoms with E-state index in [1.165, 1.54) is 11.8 Å². The van der Waals surface area contributed by atoms with E-state index in [-0.39, 0.29) is 18.4 Å². The van der Waals surface area contributed by atoms with Gasteiger partial charge in [0.1, 0.15) is 10.1 Å². The fourth-order valence-electron chi connectivity index (χ4n) is 2.13. The summed E-state index contributed by atoms with van der Waals surface area (Å²) in [6, 6.07) is 14.7. The molecule has 1 saturated heterocycles. The minimum Gasteiger partial charge on any atom is -0.484 e. The van der Waals surface area contributed by atoms with Crippen molar-refractivity contribution < 1.29 is 14.3 Å². The quantitative estimate of drug-likeness (QED) is 0.375. The zero-order valence-electron chi connectivity index (χ0n) is 13.3. The SMILES string of the molecule is O=C(COc1ccc(/C=C2\SC(=S)NC2=O)cc1)Nc1ccccc1I. The molecule has 0 aromatic heterocycles. The zero-order chi connectivity index (χ0) is 18.5. The van der Waals surface area contributed by atoms with Gasteiger partial charge in [-0.05, 0) is 58.5 Å². The molecule has 8 heteroatoms. The topological polar surface area (TPSA) is 67.4 Å². The molecule has 5 nitrogen and oxygen atoms in total. The van der Waals surface area contributed by atoms with Gasteiger partial charge in [-0.1, -0.05) is 48.2 Å². The minimum atomic E-state index is -0.229. The van der Waals surface area contributed by atoms with Gasteiger partial charge in [0.15, 0.2) is 6.61 Å². The number of carbonyl (C=O) groups is 2. The van der Waals surface area contributed by atoms with Crippen molar-refractivity contribution >= 4 is 74.5 Å². The van der Waals surface area contributed by atoms with Crippen LogP contribution in [0.2, 0.25) is 0 Å². The van der Waals surface area contributed by atoms with E-state index >= 15 is 0 Å². The number of thiocarbonyl (C=S) groups is 1. The van der Waals surface area contributed by atoms with Crippen LogP contribution in [-0.2, 0) is 9.59 Å². The Morgan fingerprint density at radius 1 is 1.23 bits per heavy atom. The number of rotatable bonds is 5. The predicted molar refractivity (Wildman–Crippen MR) is 116 cm³/mol. The predicted octanol–water partition coefficient (Wildman–Crippen LogP) is 3.80. The Morgan fingerprint density at radius 2 is 1.96 bits per heavy atom. The van der Waals surface area contributed by atoms with Crippen LogP contribution in [0.15, 0.2) is 53.4 Å². The molecule has 1 fully saturated rings. The average molecular weight is 496 g/mol. The highest BCUT2D eigenvalue weighted by molar-refractivity contribution is 14.1. The third kappa shape index (κ3) is 5.05. The number of hydrogen-bond acceptors (Lipinski definition) is 5. The van der Waals surface area contributed by atoms with Crippen molar-refractivity contribution in [1.82, 2.24) is 5.32 Å². The Labute approximate surface area is 173 Å². The van der Waals surface area contributed by atoms with E-state index in [9.17, 15) is 9.59 Å². The number of halogens is 1. The maximum absolute atomic E-state index is 12.0. The second kappa shape index (κ2) is 8.65. The largest absolute Gasteiger partial charge is 0.484 e. The molecule has 2 N–H and O–H groups in total. The molecule has 132 valence electrons. The Hall–Kier alpha value is -1.91. The molecule has 0 aliphatic carbocycles. The molecule has 0 atom stereocenters. The normalized spacial score (nSPS) is 15.0. The van der Waals surface area contributed by atoms with E-state index < -0.39 is 0 Å². The van der Waals surface area contributed by atoms with E-state index in [4.69, 9.17) is 17.0 Å². The number of anilines is 1. The fraction of sp³-hybridized carbons (Fsp3) is 0.0556. The first-order valence-electron chi connectivity index (χ1n) is 7.53. The number of para-hydroxylation sites is 1. The molecule has 0 unspecified atom stereocenters. The van der Waals surface area contributed by atoms with Crippen molar-refractivity contribution in [2.45, 2.75) is 0 Å². The van der Waals surface area contributed by atoms with Crippen LogP contribution in [0.5, 0.6) is 5.75 Å². The molecule has 2 aromatic carbocycles. The Kier molecular flexibility index (Phi) is 6.28. The summed E-state index contributed by atoms with van der Waals surface area (Å²) in [4.78, 5) is 24.2.